The van der Waals surface area contributed by atoms with Crippen molar-refractivity contribution in [2.75, 3.05) is 31.1 Å². The van der Waals surface area contributed by atoms with Crippen molar-refractivity contribution in [1.29, 1.82) is 5.26 Å². The highest BCUT2D eigenvalue weighted by Crippen LogP contribution is 2.41. The summed E-state index contributed by atoms with van der Waals surface area (Å²) in [7, 11) is 0. The molecule has 2 fully saturated rings. The normalized spacial score (nSPS) is 19.8. The number of carbonyl (C=O) groups excluding carboxylic acids is 1. The largest absolute Gasteiger partial charge is 0.444 e. The van der Waals surface area contributed by atoms with E-state index in [0.29, 0.717) is 5.56 Å². The molecule has 2 saturated heterocycles. The first-order valence-electron chi connectivity index (χ1n) is 8.89. The Morgan fingerprint density at radius 2 is 1.92 bits per heavy atom. The van der Waals surface area contributed by atoms with E-state index >= 15 is 0 Å². The molecule has 0 radical (unpaired) electrons. The maximum absolute atomic E-state index is 12.3. The van der Waals surface area contributed by atoms with Crippen molar-refractivity contribution in [2.24, 2.45) is 5.41 Å². The number of ether oxygens (including phenoxy) is 1. The van der Waals surface area contributed by atoms with Gasteiger partial charge >= 0.3 is 6.09 Å². The summed E-state index contributed by atoms with van der Waals surface area (Å²) in [5.41, 5.74) is 0.346. The van der Waals surface area contributed by atoms with Gasteiger partial charge in [0.15, 0.2) is 0 Å². The van der Waals surface area contributed by atoms with Gasteiger partial charge in [0.2, 0.25) is 0 Å². The fourth-order valence-electron chi connectivity index (χ4n) is 3.67. The second-order valence-electron chi connectivity index (χ2n) is 8.16. The van der Waals surface area contributed by atoms with Crippen LogP contribution in [0.3, 0.4) is 0 Å². The van der Waals surface area contributed by atoms with Crippen LogP contribution in [-0.2, 0) is 4.74 Å². The van der Waals surface area contributed by atoms with Crippen LogP contribution < -0.4 is 4.90 Å². The molecule has 0 saturated carbocycles. The number of amides is 1. The van der Waals surface area contributed by atoms with Crippen LogP contribution in [0.1, 0.15) is 45.6 Å². The molecule has 1 spiro atoms. The minimum Gasteiger partial charge on any atom is -0.444 e. The smallest absolute Gasteiger partial charge is 0.410 e. The lowest BCUT2D eigenvalue weighted by atomic mass is 9.78. The monoisotopic (exact) mass is 342 g/mol. The highest BCUT2D eigenvalue weighted by molar-refractivity contribution is 5.68. The zero-order valence-corrected chi connectivity index (χ0v) is 15.3. The van der Waals surface area contributed by atoms with Gasteiger partial charge < -0.3 is 14.5 Å². The minimum atomic E-state index is -0.447. The Labute approximate surface area is 149 Å². The molecule has 1 aromatic heterocycles. The molecule has 3 heterocycles. The molecule has 3 rings (SSSR count). The second-order valence-corrected chi connectivity index (χ2v) is 8.16. The fraction of sp³-hybridized carbons (Fsp3) is 0.632. The first-order chi connectivity index (χ1) is 11.8. The van der Waals surface area contributed by atoms with Gasteiger partial charge in [0.25, 0.3) is 0 Å². The summed E-state index contributed by atoms with van der Waals surface area (Å²) in [5, 5.41) is 8.87. The Bertz CT molecular complexity index is 664. The maximum Gasteiger partial charge on any atom is 0.410 e. The first kappa shape index (κ1) is 17.5. The number of hydrogen-bond acceptors (Lipinski definition) is 5. The second kappa shape index (κ2) is 6.55. The lowest BCUT2D eigenvalue weighted by Crippen LogP contribution is -2.43. The van der Waals surface area contributed by atoms with Gasteiger partial charge in [0.1, 0.15) is 17.5 Å². The average Bonchev–Trinajstić information content (AvgIpc) is 2.98. The third-order valence-corrected chi connectivity index (χ3v) is 5.12. The molecule has 2 aliphatic heterocycles. The van der Waals surface area contributed by atoms with E-state index in [4.69, 9.17) is 10.00 Å². The van der Waals surface area contributed by atoms with E-state index in [1.807, 2.05) is 37.8 Å². The lowest BCUT2D eigenvalue weighted by molar-refractivity contribution is 0.0266. The summed E-state index contributed by atoms with van der Waals surface area (Å²) in [4.78, 5) is 20.8. The summed E-state index contributed by atoms with van der Waals surface area (Å²) < 4.78 is 5.51. The number of carbonyl (C=O) groups is 1. The fourth-order valence-corrected chi connectivity index (χ4v) is 3.67. The zero-order valence-electron chi connectivity index (χ0n) is 15.3. The van der Waals surface area contributed by atoms with Crippen LogP contribution in [0.15, 0.2) is 18.3 Å². The third-order valence-electron chi connectivity index (χ3n) is 5.12. The maximum atomic E-state index is 12.3. The third kappa shape index (κ3) is 4.04. The lowest BCUT2D eigenvalue weighted by Gasteiger charge is -2.39. The van der Waals surface area contributed by atoms with Crippen molar-refractivity contribution in [3.63, 3.8) is 0 Å². The molecular weight excluding hydrogens is 316 g/mol. The SMILES string of the molecule is CC(C)(C)OC(=O)N1CCC2(CCN(c3ccc(C#N)cn3)CC2)C1. The van der Waals surface area contributed by atoms with Crippen LogP contribution in [-0.4, -0.2) is 47.8 Å². The number of anilines is 1. The Kier molecular flexibility index (Phi) is 4.59. The van der Waals surface area contributed by atoms with E-state index in [1.165, 1.54) is 0 Å². The topological polar surface area (TPSA) is 69.5 Å². The number of nitrogens with zero attached hydrogens (tertiary/aromatic N) is 4. The van der Waals surface area contributed by atoms with Crippen molar-refractivity contribution >= 4 is 11.9 Å². The summed E-state index contributed by atoms with van der Waals surface area (Å²) in [6.07, 6.45) is 4.57. The highest BCUT2D eigenvalue weighted by Gasteiger charge is 2.43. The predicted octanol–water partition coefficient (Wildman–Crippen LogP) is 3.18. The Morgan fingerprint density at radius 1 is 1.24 bits per heavy atom. The van der Waals surface area contributed by atoms with Crippen molar-refractivity contribution in [2.45, 2.75) is 45.6 Å². The molecule has 25 heavy (non-hydrogen) atoms. The zero-order chi connectivity index (χ0) is 18.1. The quantitative estimate of drug-likeness (QED) is 0.784. The molecule has 0 aromatic carbocycles. The Hall–Kier alpha value is -2.29. The molecule has 6 nitrogen and oxygen atoms in total. The Morgan fingerprint density at radius 3 is 2.48 bits per heavy atom. The summed E-state index contributed by atoms with van der Waals surface area (Å²) in [5.74, 6) is 0.927. The van der Waals surface area contributed by atoms with E-state index in [1.54, 1.807) is 6.20 Å². The molecule has 0 bridgehead atoms. The predicted molar refractivity (Wildman–Crippen MR) is 95.3 cm³/mol. The van der Waals surface area contributed by atoms with Crippen molar-refractivity contribution in [3.05, 3.63) is 23.9 Å². The highest BCUT2D eigenvalue weighted by atomic mass is 16.6. The van der Waals surface area contributed by atoms with Gasteiger partial charge in [-0.15, -0.1) is 0 Å². The summed E-state index contributed by atoms with van der Waals surface area (Å²) in [6.45, 7) is 9.14. The van der Waals surface area contributed by atoms with Gasteiger partial charge in [-0.05, 0) is 57.6 Å². The average molecular weight is 342 g/mol. The van der Waals surface area contributed by atoms with Crippen molar-refractivity contribution in [1.82, 2.24) is 9.88 Å². The number of hydrogen-bond donors (Lipinski definition) is 0. The molecule has 134 valence electrons. The first-order valence-corrected chi connectivity index (χ1v) is 8.89. The number of rotatable bonds is 1. The molecule has 1 amide bonds. The standard InChI is InChI=1S/C19H26N4O2/c1-18(2,3)25-17(24)23-11-8-19(14-23)6-9-22(10-7-19)16-5-4-15(12-20)13-21-16/h4-5,13H,6-11,14H2,1-3H3. The van der Waals surface area contributed by atoms with Gasteiger partial charge in [0.05, 0.1) is 5.56 Å². The molecule has 1 aromatic rings. The van der Waals surface area contributed by atoms with Crippen LogP contribution in [0.5, 0.6) is 0 Å². The number of aromatic nitrogens is 1. The van der Waals surface area contributed by atoms with Crippen LogP contribution in [0.4, 0.5) is 10.6 Å². The number of pyridine rings is 1. The van der Waals surface area contributed by atoms with E-state index in [0.717, 1.165) is 51.3 Å². The van der Waals surface area contributed by atoms with Crippen LogP contribution >= 0.6 is 0 Å². The van der Waals surface area contributed by atoms with Crippen molar-refractivity contribution in [3.8, 4) is 6.07 Å². The van der Waals surface area contributed by atoms with Gasteiger partial charge in [-0.25, -0.2) is 9.78 Å². The number of nitriles is 1. The van der Waals surface area contributed by atoms with E-state index in [2.05, 4.69) is 16.0 Å². The van der Waals surface area contributed by atoms with E-state index in [9.17, 15) is 4.79 Å². The molecule has 0 aliphatic carbocycles. The van der Waals surface area contributed by atoms with Gasteiger partial charge in [-0.3, -0.25) is 0 Å². The molecule has 0 atom stereocenters. The van der Waals surface area contributed by atoms with Crippen LogP contribution in [0.2, 0.25) is 0 Å². The molecule has 0 unspecified atom stereocenters. The van der Waals surface area contributed by atoms with Crippen LogP contribution in [0, 0.1) is 16.7 Å². The number of piperidine rings is 1. The Balaban J connectivity index is 1.57. The molecule has 0 N–H and O–H groups in total. The van der Waals surface area contributed by atoms with Gasteiger partial charge in [0, 0.05) is 32.4 Å². The van der Waals surface area contributed by atoms with Gasteiger partial charge in [-0.1, -0.05) is 0 Å². The molecular formula is C19H26N4O2. The van der Waals surface area contributed by atoms with Crippen molar-refractivity contribution < 1.29 is 9.53 Å². The summed E-state index contributed by atoms with van der Waals surface area (Å²) >= 11 is 0. The molecule has 6 heteroatoms. The van der Waals surface area contributed by atoms with E-state index < -0.39 is 5.60 Å². The van der Waals surface area contributed by atoms with Gasteiger partial charge in [-0.2, -0.15) is 5.26 Å². The summed E-state index contributed by atoms with van der Waals surface area (Å²) in [6, 6.07) is 5.82. The van der Waals surface area contributed by atoms with Crippen LogP contribution in [0.25, 0.3) is 0 Å². The molecule has 2 aliphatic rings. The number of likely N-dealkylation sites (tertiary alicyclic amines) is 1. The van der Waals surface area contributed by atoms with E-state index in [-0.39, 0.29) is 11.5 Å². The minimum absolute atomic E-state index is 0.194.